The molecule has 0 saturated carbocycles. The molecule has 0 spiro atoms. The van der Waals surface area contributed by atoms with Crippen LogP contribution in [0.15, 0.2) is 24.3 Å². The van der Waals surface area contributed by atoms with Crippen LogP contribution in [0.2, 0.25) is 0 Å². The average molecular weight is 447 g/mol. The fourth-order valence-corrected chi connectivity index (χ4v) is 7.16. The number of benzene rings is 1. The van der Waals surface area contributed by atoms with Gasteiger partial charge in [-0.25, -0.2) is 22.8 Å². The first-order valence-corrected chi connectivity index (χ1v) is 12.5. The smallest absolute Gasteiger partial charge is 0.219 e. The second-order valence-electron chi connectivity index (χ2n) is 8.66. The molecule has 0 aliphatic carbocycles. The highest BCUT2D eigenvalue weighted by Crippen LogP contribution is 2.47. The molecule has 0 radical (unpaired) electrons. The molecule has 3 aliphatic rings. The van der Waals surface area contributed by atoms with E-state index in [9.17, 15) is 12.8 Å². The Hall–Kier alpha value is -2.10. The van der Waals surface area contributed by atoms with Crippen LogP contribution in [0, 0.1) is 12.7 Å². The first kappa shape index (κ1) is 20.8. The fraction of sp³-hybridized carbons (Fsp3) is 0.545. The minimum atomic E-state index is -3.63. The van der Waals surface area contributed by atoms with Gasteiger partial charge in [0.1, 0.15) is 17.5 Å². The van der Waals surface area contributed by atoms with Crippen LogP contribution in [0.4, 0.5) is 10.2 Å². The number of rotatable bonds is 6. The molecule has 0 amide bonds. The van der Waals surface area contributed by atoms with Crippen LogP contribution in [0.25, 0.3) is 0 Å². The molecule has 2 saturated heterocycles. The standard InChI is InChI=1S/C22H27FN4O3S/c1-14-25-19-11-17-7-8-20(21(19)22(26-14)24-12-18-6-3-9-30-18)27(17)31(28,29)13-15-4-2-5-16(23)10-15/h2,4-5,10,17-18,20H,3,6-9,11-13H2,1H3,(H,24,25,26)/t17-,18+,20-/m0/s1. The SMILES string of the molecule is Cc1nc2c(c(NC[C@H]3CCCO3)n1)[C@@H]1CC[C@@H](C2)N1S(=O)(=O)Cc1cccc(F)c1. The van der Waals surface area contributed by atoms with Gasteiger partial charge in [0.2, 0.25) is 10.0 Å². The predicted octanol–water partition coefficient (Wildman–Crippen LogP) is 3.11. The Morgan fingerprint density at radius 3 is 2.90 bits per heavy atom. The lowest BCUT2D eigenvalue weighted by Crippen LogP contribution is -2.43. The molecule has 4 heterocycles. The van der Waals surface area contributed by atoms with E-state index in [1.807, 2.05) is 6.92 Å². The lowest BCUT2D eigenvalue weighted by atomic mass is 10.00. The number of nitrogens with one attached hydrogen (secondary N) is 1. The zero-order valence-corrected chi connectivity index (χ0v) is 18.4. The van der Waals surface area contributed by atoms with Gasteiger partial charge in [0.15, 0.2) is 0 Å². The summed E-state index contributed by atoms with van der Waals surface area (Å²) in [6.45, 7) is 3.30. The van der Waals surface area contributed by atoms with Crippen LogP contribution in [-0.2, 0) is 26.9 Å². The lowest BCUT2D eigenvalue weighted by Gasteiger charge is -2.35. The number of anilines is 1. The summed E-state index contributed by atoms with van der Waals surface area (Å²) in [5.41, 5.74) is 2.29. The van der Waals surface area contributed by atoms with Crippen molar-refractivity contribution in [2.75, 3.05) is 18.5 Å². The molecule has 166 valence electrons. The zero-order valence-electron chi connectivity index (χ0n) is 17.6. The summed E-state index contributed by atoms with van der Waals surface area (Å²) in [4.78, 5) is 9.28. The van der Waals surface area contributed by atoms with Crippen molar-refractivity contribution in [3.63, 3.8) is 0 Å². The molecule has 3 atom stereocenters. The maximum atomic E-state index is 13.6. The van der Waals surface area contributed by atoms with Gasteiger partial charge in [0.25, 0.3) is 0 Å². The molecule has 1 aromatic carbocycles. The molecule has 31 heavy (non-hydrogen) atoms. The van der Waals surface area contributed by atoms with E-state index in [0.717, 1.165) is 43.5 Å². The Morgan fingerprint density at radius 1 is 1.26 bits per heavy atom. The number of hydrogen-bond acceptors (Lipinski definition) is 6. The van der Waals surface area contributed by atoms with E-state index in [0.29, 0.717) is 30.2 Å². The van der Waals surface area contributed by atoms with Crippen molar-refractivity contribution in [1.29, 1.82) is 0 Å². The van der Waals surface area contributed by atoms with Crippen LogP contribution in [0.1, 0.15) is 54.4 Å². The number of hydrogen-bond donors (Lipinski definition) is 1. The Morgan fingerprint density at radius 2 is 2.13 bits per heavy atom. The largest absolute Gasteiger partial charge is 0.376 e. The minimum Gasteiger partial charge on any atom is -0.376 e. The van der Waals surface area contributed by atoms with Gasteiger partial charge in [-0.1, -0.05) is 12.1 Å². The van der Waals surface area contributed by atoms with Crippen molar-refractivity contribution in [2.45, 2.75) is 63.0 Å². The predicted molar refractivity (Wildman–Crippen MR) is 115 cm³/mol. The lowest BCUT2D eigenvalue weighted by molar-refractivity contribution is 0.120. The topological polar surface area (TPSA) is 84.4 Å². The van der Waals surface area contributed by atoms with E-state index in [4.69, 9.17) is 4.74 Å². The number of sulfonamides is 1. The van der Waals surface area contributed by atoms with Crippen molar-refractivity contribution >= 4 is 15.8 Å². The Kier molecular flexibility index (Phi) is 5.44. The molecule has 1 aromatic heterocycles. The summed E-state index contributed by atoms with van der Waals surface area (Å²) in [7, 11) is -3.63. The summed E-state index contributed by atoms with van der Waals surface area (Å²) < 4.78 is 47.8. The maximum Gasteiger partial charge on any atom is 0.219 e. The summed E-state index contributed by atoms with van der Waals surface area (Å²) in [5.74, 6) is 0.765. The molecule has 3 aliphatic heterocycles. The van der Waals surface area contributed by atoms with Crippen molar-refractivity contribution in [3.05, 3.63) is 52.7 Å². The van der Waals surface area contributed by atoms with Crippen molar-refractivity contribution < 1.29 is 17.5 Å². The summed E-state index contributed by atoms with van der Waals surface area (Å²) in [5, 5.41) is 3.42. The van der Waals surface area contributed by atoms with E-state index in [1.165, 1.54) is 12.1 Å². The van der Waals surface area contributed by atoms with Crippen LogP contribution in [0.3, 0.4) is 0 Å². The van der Waals surface area contributed by atoms with Crippen molar-refractivity contribution in [3.8, 4) is 0 Å². The van der Waals surface area contributed by atoms with Gasteiger partial charge in [-0.2, -0.15) is 4.31 Å². The Labute approximate surface area is 182 Å². The van der Waals surface area contributed by atoms with Crippen LogP contribution in [-0.4, -0.2) is 48.0 Å². The number of aryl methyl sites for hydroxylation is 1. The highest BCUT2D eigenvalue weighted by molar-refractivity contribution is 7.88. The maximum absolute atomic E-state index is 13.6. The molecule has 2 fully saturated rings. The van der Waals surface area contributed by atoms with Gasteiger partial charge >= 0.3 is 0 Å². The van der Waals surface area contributed by atoms with E-state index < -0.39 is 15.8 Å². The molecule has 0 unspecified atom stereocenters. The van der Waals surface area contributed by atoms with E-state index >= 15 is 0 Å². The quantitative estimate of drug-likeness (QED) is 0.734. The second kappa shape index (κ2) is 8.11. The molecular formula is C22H27FN4O3S. The molecule has 9 heteroatoms. The van der Waals surface area contributed by atoms with Crippen LogP contribution >= 0.6 is 0 Å². The molecule has 2 bridgehead atoms. The fourth-order valence-electron chi connectivity index (χ4n) is 5.17. The highest BCUT2D eigenvalue weighted by Gasteiger charge is 2.48. The van der Waals surface area contributed by atoms with E-state index in [1.54, 1.807) is 16.4 Å². The van der Waals surface area contributed by atoms with Crippen LogP contribution < -0.4 is 5.32 Å². The second-order valence-corrected chi connectivity index (χ2v) is 10.5. The summed E-state index contributed by atoms with van der Waals surface area (Å²) in [6.07, 6.45) is 4.32. The molecule has 1 N–H and O–H groups in total. The number of nitrogens with zero attached hydrogens (tertiary/aromatic N) is 3. The monoisotopic (exact) mass is 446 g/mol. The third-order valence-corrected chi connectivity index (χ3v) is 8.31. The Balaban J connectivity index is 1.45. The number of aromatic nitrogens is 2. The first-order valence-electron chi connectivity index (χ1n) is 10.9. The molecule has 5 rings (SSSR count). The Bertz CT molecular complexity index is 1090. The molecule has 2 aromatic rings. The van der Waals surface area contributed by atoms with Gasteiger partial charge in [-0.3, -0.25) is 0 Å². The van der Waals surface area contributed by atoms with E-state index in [2.05, 4.69) is 15.3 Å². The van der Waals surface area contributed by atoms with Gasteiger partial charge in [-0.15, -0.1) is 0 Å². The van der Waals surface area contributed by atoms with Crippen LogP contribution in [0.5, 0.6) is 0 Å². The minimum absolute atomic E-state index is 0.114. The zero-order chi connectivity index (χ0) is 21.6. The van der Waals surface area contributed by atoms with E-state index in [-0.39, 0.29) is 23.9 Å². The van der Waals surface area contributed by atoms with Gasteiger partial charge < -0.3 is 10.1 Å². The first-order chi connectivity index (χ1) is 14.9. The highest BCUT2D eigenvalue weighted by atomic mass is 32.2. The average Bonchev–Trinajstić information content (AvgIpc) is 3.33. The van der Waals surface area contributed by atoms with Crippen molar-refractivity contribution in [2.24, 2.45) is 0 Å². The van der Waals surface area contributed by atoms with Gasteiger partial charge in [-0.05, 0) is 50.3 Å². The van der Waals surface area contributed by atoms with Gasteiger partial charge in [0.05, 0.1) is 23.6 Å². The third kappa shape index (κ3) is 4.06. The summed E-state index contributed by atoms with van der Waals surface area (Å²) >= 11 is 0. The van der Waals surface area contributed by atoms with Gasteiger partial charge in [0, 0.05) is 31.2 Å². The third-order valence-electron chi connectivity index (χ3n) is 6.42. The number of fused-ring (bicyclic) bond motifs is 4. The summed E-state index contributed by atoms with van der Waals surface area (Å²) in [6, 6.07) is 5.41. The van der Waals surface area contributed by atoms with Crippen molar-refractivity contribution in [1.82, 2.24) is 14.3 Å². The number of halogens is 1. The number of ether oxygens (including phenoxy) is 1. The normalized spacial score (nSPS) is 25.5. The molecular weight excluding hydrogens is 419 g/mol. The molecule has 7 nitrogen and oxygen atoms in total.